The van der Waals surface area contributed by atoms with Gasteiger partial charge in [-0.3, -0.25) is 4.57 Å². The summed E-state index contributed by atoms with van der Waals surface area (Å²) in [5.41, 5.74) is 0. The van der Waals surface area contributed by atoms with Crippen LogP contribution in [-0.4, -0.2) is 0 Å². The molecular weight excluding hydrogens is 287 g/mol. The molecule has 0 unspecified atom stereocenters. The molecule has 0 atom stereocenters. The third kappa shape index (κ3) is 29.3. The Morgan fingerprint density at radius 1 is 0.800 bits per heavy atom. The summed E-state index contributed by atoms with van der Waals surface area (Å²) in [6.45, 7) is 0. The molecule has 0 spiro atoms. The van der Waals surface area contributed by atoms with Crippen molar-refractivity contribution in [3.63, 3.8) is 0 Å². The van der Waals surface area contributed by atoms with Crippen molar-refractivity contribution in [2.24, 2.45) is 0 Å². The lowest BCUT2D eigenvalue weighted by molar-refractivity contribution is 0.607. The fourth-order valence-corrected chi connectivity index (χ4v) is 0. The molecule has 0 aromatic heterocycles. The Kier molecular flexibility index (Phi) is 300. The van der Waals surface area contributed by atoms with Crippen LogP contribution in [0.1, 0.15) is 0 Å². The van der Waals surface area contributed by atoms with Gasteiger partial charge >= 0.3 is 0 Å². The van der Waals surface area contributed by atoms with Gasteiger partial charge in [-0.2, -0.15) is 0 Å². The van der Waals surface area contributed by atoms with Crippen molar-refractivity contribution >= 4 is 60.1 Å². The molecule has 0 bridgehead atoms. The van der Waals surface area contributed by atoms with Crippen LogP contribution in [-0.2, 0) is 4.57 Å². The summed E-state index contributed by atoms with van der Waals surface area (Å²) >= 11 is 0. The molecule has 1 nitrogen and oxygen atoms in total. The lowest BCUT2D eigenvalue weighted by atomic mass is 16.0. The van der Waals surface area contributed by atoms with Crippen LogP contribution in [0.3, 0.4) is 0 Å². The van der Waals surface area contributed by atoms with Gasteiger partial charge in [0.25, 0.3) is 9.12 Å². The van der Waals surface area contributed by atoms with Gasteiger partial charge in [-0.05, 0) is 0 Å². The standard InChI is InChI=1S/3BrH.OP/c;;;1-2/h3*1H;. The number of hydrogen-bond donors (Lipinski definition) is 0. The zero-order chi connectivity index (χ0) is 2.00. The first kappa shape index (κ1) is 31.1. The number of rotatable bonds is 0. The monoisotopic (exact) mass is 287 g/mol. The molecule has 35 valence electrons. The predicted molar refractivity (Wildman–Crippen MR) is 38.6 cm³/mol. The fourth-order valence-electron chi connectivity index (χ4n) is 0. The van der Waals surface area contributed by atoms with Crippen LogP contribution in [0, 0.1) is 0 Å². The van der Waals surface area contributed by atoms with E-state index in [9.17, 15) is 0 Å². The molecule has 0 aliphatic heterocycles. The lowest BCUT2D eigenvalue weighted by Gasteiger charge is -0.754. The predicted octanol–water partition coefficient (Wildman–Crippen LogP) is 2.48. The van der Waals surface area contributed by atoms with E-state index in [1.54, 1.807) is 0 Å². The molecule has 0 saturated heterocycles. The van der Waals surface area contributed by atoms with Gasteiger partial charge in [0, 0.05) is 0 Å². The summed E-state index contributed by atoms with van der Waals surface area (Å²) in [7, 11) is 2.28. The Morgan fingerprint density at radius 3 is 0.800 bits per heavy atom. The highest BCUT2D eigenvalue weighted by atomic mass is 79.9. The molecule has 0 amide bonds. The van der Waals surface area contributed by atoms with E-state index in [2.05, 4.69) is 9.12 Å². The quantitative estimate of drug-likeness (QED) is 0.626. The number of hydrogen-bond acceptors (Lipinski definition) is 1. The van der Waals surface area contributed by atoms with E-state index >= 15 is 0 Å². The Labute approximate surface area is 64.4 Å². The van der Waals surface area contributed by atoms with Crippen molar-refractivity contribution < 1.29 is 4.57 Å². The van der Waals surface area contributed by atoms with E-state index in [0.717, 1.165) is 0 Å². The normalized spacial score (nSPS) is 0.800. The van der Waals surface area contributed by atoms with Gasteiger partial charge in [0.1, 0.15) is 0 Å². The first-order valence-corrected chi connectivity index (χ1v) is 0.548. The number of halogens is 3. The van der Waals surface area contributed by atoms with Crippen LogP contribution in [0.15, 0.2) is 0 Å². The molecule has 5 heteroatoms. The molecule has 0 heterocycles. The van der Waals surface area contributed by atoms with Crippen LogP contribution in [0.25, 0.3) is 0 Å². The molecule has 0 aliphatic rings. The van der Waals surface area contributed by atoms with Crippen molar-refractivity contribution in [2.45, 2.75) is 0 Å². The Hall–Kier alpha value is 1.54. The fraction of sp³-hybridized carbons (Fsp3) is 0. The van der Waals surface area contributed by atoms with E-state index in [4.69, 9.17) is 4.57 Å². The smallest absolute Gasteiger partial charge is 0.261 e. The lowest BCUT2D eigenvalue weighted by Crippen LogP contribution is -0.489. The van der Waals surface area contributed by atoms with E-state index in [-0.39, 0.29) is 50.9 Å². The highest BCUT2D eigenvalue weighted by molar-refractivity contribution is 8.93. The van der Waals surface area contributed by atoms with Crippen molar-refractivity contribution in [3.05, 3.63) is 0 Å². The van der Waals surface area contributed by atoms with Crippen molar-refractivity contribution in [1.29, 1.82) is 0 Å². The Morgan fingerprint density at radius 2 is 0.800 bits per heavy atom. The van der Waals surface area contributed by atoms with Gasteiger partial charge in [-0.1, -0.05) is 0 Å². The molecule has 0 saturated carbocycles. The van der Waals surface area contributed by atoms with Crippen LogP contribution < -0.4 is 0 Å². The molecule has 0 rings (SSSR count). The summed E-state index contributed by atoms with van der Waals surface area (Å²) < 4.78 is 7.94. The van der Waals surface area contributed by atoms with Crippen LogP contribution in [0.2, 0.25) is 0 Å². The van der Waals surface area contributed by atoms with E-state index < -0.39 is 0 Å². The van der Waals surface area contributed by atoms with Gasteiger partial charge in [0.05, 0.1) is 0 Å². The van der Waals surface area contributed by atoms with Crippen molar-refractivity contribution in [1.82, 2.24) is 0 Å². The molecule has 0 aromatic carbocycles. The second kappa shape index (κ2) is 48.1. The summed E-state index contributed by atoms with van der Waals surface area (Å²) in [4.78, 5) is 0. The molecule has 1 radical (unpaired) electrons. The average Bonchev–Trinajstić information content (AvgIpc) is 1.00. The summed E-state index contributed by atoms with van der Waals surface area (Å²) in [6.07, 6.45) is 0. The summed E-state index contributed by atoms with van der Waals surface area (Å²) in [6, 6.07) is 0. The van der Waals surface area contributed by atoms with Crippen LogP contribution in [0.4, 0.5) is 0 Å². The largest absolute Gasteiger partial charge is 0.261 e. The van der Waals surface area contributed by atoms with Gasteiger partial charge in [-0.25, -0.2) is 0 Å². The second-order valence-corrected chi connectivity index (χ2v) is 0. The van der Waals surface area contributed by atoms with Gasteiger partial charge in [-0.15, -0.1) is 50.9 Å². The maximum absolute atomic E-state index is 7.94. The molecular formula is H3Br3OP. The minimum Gasteiger partial charge on any atom is -0.261 e. The molecule has 0 aromatic rings. The Bertz CT molecular complexity index is 6.85. The summed E-state index contributed by atoms with van der Waals surface area (Å²) in [5, 5.41) is 0. The van der Waals surface area contributed by atoms with Gasteiger partial charge in [0.2, 0.25) is 0 Å². The Balaban J connectivity index is -0.00000000167. The maximum Gasteiger partial charge on any atom is 0.261 e. The summed E-state index contributed by atoms with van der Waals surface area (Å²) in [5.74, 6) is 0. The van der Waals surface area contributed by atoms with Gasteiger partial charge < -0.3 is 0 Å². The topological polar surface area (TPSA) is 17.1 Å². The average molecular weight is 290 g/mol. The zero-order valence-electron chi connectivity index (χ0n) is 2.08. The van der Waals surface area contributed by atoms with Crippen LogP contribution in [0.5, 0.6) is 0 Å². The molecule has 5 heavy (non-hydrogen) atoms. The first-order chi connectivity index (χ1) is 1.00. The van der Waals surface area contributed by atoms with Gasteiger partial charge in [0.15, 0.2) is 0 Å². The maximum atomic E-state index is 7.94. The van der Waals surface area contributed by atoms with E-state index in [1.807, 2.05) is 0 Å². The second-order valence-electron chi connectivity index (χ2n) is 0. The third-order valence-corrected chi connectivity index (χ3v) is 0. The highest BCUT2D eigenvalue weighted by Gasteiger charge is 0.754. The van der Waals surface area contributed by atoms with E-state index in [1.165, 1.54) is 0 Å². The third-order valence-electron chi connectivity index (χ3n) is 0. The van der Waals surface area contributed by atoms with Crippen molar-refractivity contribution in [2.75, 3.05) is 0 Å². The zero-order valence-corrected chi connectivity index (χ0v) is 8.11. The molecule has 0 aliphatic carbocycles. The molecule has 0 N–H and O–H groups in total. The van der Waals surface area contributed by atoms with E-state index in [0.29, 0.717) is 0 Å². The van der Waals surface area contributed by atoms with Crippen LogP contribution >= 0.6 is 60.1 Å². The first-order valence-electron chi connectivity index (χ1n) is 0.183. The molecule has 0 fully saturated rings. The minimum atomic E-state index is 0. The SMILES string of the molecule is Br.Br.Br.O=[P]. The minimum absolute atomic E-state index is 0. The highest BCUT2D eigenvalue weighted by Crippen LogP contribution is 1.23. The van der Waals surface area contributed by atoms with Crippen molar-refractivity contribution in [3.8, 4) is 0 Å².